The SMILES string of the molecule is CC(O)(CNC(=O)c1ccc(Br)cc1[N+](=O)[O-])C(=O)O. The van der Waals surface area contributed by atoms with Gasteiger partial charge in [0, 0.05) is 10.5 Å². The summed E-state index contributed by atoms with van der Waals surface area (Å²) in [4.78, 5) is 32.6. The van der Waals surface area contributed by atoms with E-state index in [4.69, 9.17) is 5.11 Å². The molecule has 0 spiro atoms. The van der Waals surface area contributed by atoms with Crippen molar-refractivity contribution in [3.63, 3.8) is 0 Å². The molecule has 9 heteroatoms. The number of hydrogen-bond donors (Lipinski definition) is 3. The number of carbonyl (C=O) groups excluding carboxylic acids is 1. The zero-order chi connectivity index (χ0) is 15.5. The van der Waals surface area contributed by atoms with E-state index in [1.165, 1.54) is 12.1 Å². The molecule has 0 saturated carbocycles. The van der Waals surface area contributed by atoms with Crippen molar-refractivity contribution in [3.05, 3.63) is 38.3 Å². The third-order valence-corrected chi connectivity index (χ3v) is 2.95. The lowest BCUT2D eigenvalue weighted by Crippen LogP contribution is -2.46. The third-order valence-electron chi connectivity index (χ3n) is 2.46. The van der Waals surface area contributed by atoms with Gasteiger partial charge in [0.05, 0.1) is 11.5 Å². The summed E-state index contributed by atoms with van der Waals surface area (Å²) >= 11 is 3.05. The number of rotatable bonds is 5. The van der Waals surface area contributed by atoms with E-state index in [1.54, 1.807) is 0 Å². The molecule has 1 atom stereocenters. The van der Waals surface area contributed by atoms with E-state index >= 15 is 0 Å². The Hall–Kier alpha value is -2.00. The normalized spacial score (nSPS) is 13.3. The van der Waals surface area contributed by atoms with Crippen molar-refractivity contribution in [2.45, 2.75) is 12.5 Å². The minimum atomic E-state index is -2.15. The van der Waals surface area contributed by atoms with Crippen molar-refractivity contribution in [1.29, 1.82) is 0 Å². The van der Waals surface area contributed by atoms with E-state index < -0.39 is 34.6 Å². The van der Waals surface area contributed by atoms with Crippen LogP contribution in [0.4, 0.5) is 5.69 Å². The van der Waals surface area contributed by atoms with Gasteiger partial charge in [-0.1, -0.05) is 15.9 Å². The van der Waals surface area contributed by atoms with Gasteiger partial charge < -0.3 is 15.5 Å². The van der Waals surface area contributed by atoms with Crippen LogP contribution in [0.3, 0.4) is 0 Å². The first-order valence-corrected chi connectivity index (χ1v) is 6.12. The summed E-state index contributed by atoms with van der Waals surface area (Å²) in [5, 5.41) is 31.1. The topological polar surface area (TPSA) is 130 Å². The first-order chi connectivity index (χ1) is 9.15. The van der Waals surface area contributed by atoms with Crippen LogP contribution in [0.25, 0.3) is 0 Å². The van der Waals surface area contributed by atoms with Gasteiger partial charge >= 0.3 is 5.97 Å². The Morgan fingerprint density at radius 3 is 2.60 bits per heavy atom. The molecule has 1 rings (SSSR count). The Kier molecular flexibility index (Phi) is 4.79. The number of nitro groups is 1. The fourth-order valence-electron chi connectivity index (χ4n) is 1.27. The molecule has 0 aliphatic rings. The van der Waals surface area contributed by atoms with Gasteiger partial charge in [0.1, 0.15) is 5.56 Å². The quantitative estimate of drug-likeness (QED) is 0.536. The predicted octanol–water partition coefficient (Wildman–Crippen LogP) is 0.923. The number of nitrogens with zero attached hydrogens (tertiary/aromatic N) is 1. The molecule has 0 radical (unpaired) electrons. The first kappa shape index (κ1) is 16.1. The number of carboxylic acid groups (broad SMARTS) is 1. The molecule has 0 heterocycles. The molecule has 0 aliphatic carbocycles. The van der Waals surface area contributed by atoms with Crippen LogP contribution in [-0.4, -0.2) is 39.2 Å². The standard InChI is InChI=1S/C11H11BrN2O6/c1-11(18,10(16)17)5-13-9(15)7-3-2-6(12)4-8(7)14(19)20/h2-4,18H,5H2,1H3,(H,13,15)(H,16,17). The fourth-order valence-corrected chi connectivity index (χ4v) is 1.62. The number of nitrogens with one attached hydrogen (secondary N) is 1. The smallest absolute Gasteiger partial charge is 0.337 e. The predicted molar refractivity (Wildman–Crippen MR) is 71.4 cm³/mol. The van der Waals surface area contributed by atoms with Crippen LogP contribution in [0.15, 0.2) is 22.7 Å². The summed E-state index contributed by atoms with van der Waals surface area (Å²) in [5.74, 6) is -2.35. The lowest BCUT2D eigenvalue weighted by molar-refractivity contribution is -0.385. The van der Waals surface area contributed by atoms with Gasteiger partial charge in [0.15, 0.2) is 5.60 Å². The number of carbonyl (C=O) groups is 2. The monoisotopic (exact) mass is 346 g/mol. The Morgan fingerprint density at radius 1 is 1.50 bits per heavy atom. The van der Waals surface area contributed by atoms with E-state index in [2.05, 4.69) is 21.2 Å². The molecule has 0 fully saturated rings. The number of amides is 1. The average molecular weight is 347 g/mol. The fraction of sp³-hybridized carbons (Fsp3) is 0.273. The number of benzene rings is 1. The van der Waals surface area contributed by atoms with Gasteiger partial charge in [-0.05, 0) is 19.1 Å². The van der Waals surface area contributed by atoms with Crippen LogP contribution >= 0.6 is 15.9 Å². The molecular weight excluding hydrogens is 336 g/mol. The van der Waals surface area contributed by atoms with Gasteiger partial charge in [-0.25, -0.2) is 4.79 Å². The van der Waals surface area contributed by atoms with E-state index in [-0.39, 0.29) is 5.56 Å². The zero-order valence-electron chi connectivity index (χ0n) is 10.3. The van der Waals surface area contributed by atoms with Crippen molar-refractivity contribution in [2.24, 2.45) is 0 Å². The molecule has 3 N–H and O–H groups in total. The van der Waals surface area contributed by atoms with Gasteiger partial charge in [-0.15, -0.1) is 0 Å². The molecule has 0 aromatic heterocycles. The van der Waals surface area contributed by atoms with E-state index in [1.807, 2.05) is 0 Å². The maximum absolute atomic E-state index is 11.8. The summed E-state index contributed by atoms with van der Waals surface area (Å²) in [6, 6.07) is 3.83. The summed E-state index contributed by atoms with van der Waals surface area (Å²) in [6.45, 7) is 0.431. The number of aliphatic hydroxyl groups is 1. The summed E-state index contributed by atoms with van der Waals surface area (Å²) in [6.07, 6.45) is 0. The Labute approximate surface area is 121 Å². The van der Waals surface area contributed by atoms with E-state index in [9.17, 15) is 24.8 Å². The molecule has 0 aliphatic heterocycles. The Bertz CT molecular complexity index is 572. The number of hydrogen-bond acceptors (Lipinski definition) is 5. The zero-order valence-corrected chi connectivity index (χ0v) is 11.9. The maximum atomic E-state index is 11.8. The minimum absolute atomic E-state index is 0.223. The highest BCUT2D eigenvalue weighted by atomic mass is 79.9. The van der Waals surface area contributed by atoms with Crippen LogP contribution in [0.1, 0.15) is 17.3 Å². The maximum Gasteiger partial charge on any atom is 0.337 e. The molecule has 1 aromatic carbocycles. The molecule has 1 unspecified atom stereocenters. The highest BCUT2D eigenvalue weighted by Crippen LogP contribution is 2.23. The second kappa shape index (κ2) is 5.97. The van der Waals surface area contributed by atoms with Gasteiger partial charge in [-0.2, -0.15) is 0 Å². The van der Waals surface area contributed by atoms with Crippen molar-refractivity contribution >= 4 is 33.5 Å². The lowest BCUT2D eigenvalue weighted by atomic mass is 10.1. The molecule has 8 nitrogen and oxygen atoms in total. The largest absolute Gasteiger partial charge is 0.479 e. The summed E-state index contributed by atoms with van der Waals surface area (Å²) in [5.41, 5.74) is -2.80. The minimum Gasteiger partial charge on any atom is -0.479 e. The average Bonchev–Trinajstić information content (AvgIpc) is 2.35. The third kappa shape index (κ3) is 3.75. The van der Waals surface area contributed by atoms with Crippen molar-refractivity contribution in [1.82, 2.24) is 5.32 Å². The van der Waals surface area contributed by atoms with E-state index in [0.717, 1.165) is 13.0 Å². The van der Waals surface area contributed by atoms with Gasteiger partial charge in [0.25, 0.3) is 11.6 Å². The molecular formula is C11H11BrN2O6. The van der Waals surface area contributed by atoms with Crippen molar-refractivity contribution in [2.75, 3.05) is 6.54 Å². The van der Waals surface area contributed by atoms with Gasteiger partial charge in [0.2, 0.25) is 0 Å². The summed E-state index contributed by atoms with van der Waals surface area (Å²) in [7, 11) is 0. The number of nitro benzene ring substituents is 1. The van der Waals surface area contributed by atoms with Crippen LogP contribution < -0.4 is 5.32 Å². The molecule has 0 saturated heterocycles. The Balaban J connectivity index is 2.94. The number of carboxylic acids is 1. The molecule has 20 heavy (non-hydrogen) atoms. The van der Waals surface area contributed by atoms with Crippen LogP contribution in [0, 0.1) is 10.1 Å². The molecule has 108 valence electrons. The molecule has 1 amide bonds. The van der Waals surface area contributed by atoms with Crippen molar-refractivity contribution < 1.29 is 24.7 Å². The van der Waals surface area contributed by atoms with Crippen LogP contribution in [0.5, 0.6) is 0 Å². The highest BCUT2D eigenvalue weighted by molar-refractivity contribution is 9.10. The van der Waals surface area contributed by atoms with Gasteiger partial charge in [-0.3, -0.25) is 14.9 Å². The second-order valence-electron chi connectivity index (χ2n) is 4.18. The molecule has 0 bridgehead atoms. The van der Waals surface area contributed by atoms with Crippen LogP contribution in [0.2, 0.25) is 0 Å². The molecule has 1 aromatic rings. The summed E-state index contributed by atoms with van der Waals surface area (Å²) < 4.78 is 0.429. The lowest BCUT2D eigenvalue weighted by Gasteiger charge is -2.18. The first-order valence-electron chi connectivity index (χ1n) is 5.33. The van der Waals surface area contributed by atoms with Crippen LogP contribution in [-0.2, 0) is 4.79 Å². The Morgan fingerprint density at radius 2 is 2.10 bits per heavy atom. The highest BCUT2D eigenvalue weighted by Gasteiger charge is 2.31. The number of halogens is 1. The van der Waals surface area contributed by atoms with Crippen molar-refractivity contribution in [3.8, 4) is 0 Å². The van der Waals surface area contributed by atoms with E-state index in [0.29, 0.717) is 4.47 Å². The second-order valence-corrected chi connectivity index (χ2v) is 5.10. The number of aliphatic carboxylic acids is 1.